The highest BCUT2D eigenvalue weighted by atomic mass is 31.0. The van der Waals surface area contributed by atoms with Crippen molar-refractivity contribution in [3.8, 4) is 28.1 Å². The summed E-state index contributed by atoms with van der Waals surface area (Å²) in [6.45, 7) is 4.81. The molecular weight excluding hydrogens is 379 g/mol. The molecule has 3 unspecified atom stereocenters. The number of nitrogens with one attached hydrogen (secondary N) is 2. The first kappa shape index (κ1) is 17.2. The van der Waals surface area contributed by atoms with Gasteiger partial charge in [-0.1, -0.05) is 21.4 Å². The Morgan fingerprint density at radius 3 is 2.79 bits per heavy atom. The summed E-state index contributed by atoms with van der Waals surface area (Å²) in [5.41, 5.74) is 10.7. The average Bonchev–Trinajstić information content (AvgIpc) is 3.26. The topological polar surface area (TPSA) is 62.3 Å². The lowest BCUT2D eigenvalue weighted by Gasteiger charge is -2.26. The minimum absolute atomic E-state index is 0.171. The molecule has 0 bridgehead atoms. The molecule has 146 valence electrons. The molecule has 3 aliphatic rings. The van der Waals surface area contributed by atoms with Gasteiger partial charge < -0.3 is 15.0 Å². The maximum atomic E-state index is 6.21. The number of fused-ring (bicyclic) bond motifs is 6. The van der Waals surface area contributed by atoms with Crippen molar-refractivity contribution < 1.29 is 4.74 Å². The van der Waals surface area contributed by atoms with Crippen LogP contribution in [0.4, 0.5) is 0 Å². The van der Waals surface area contributed by atoms with Gasteiger partial charge in [-0.15, -0.1) is 0 Å². The standard InChI is InChI=1S/C23H23N4OP/c1-11-21(25-12(2)24-11)14-3-5-16-15(7-14)10-28-20-9-17-13(8-18(16)20)4-6-19-22(17)27-23(29)26-19/h3,5,7-9,11,21H,4,6,10,29H2,1-2H3,(H,24,25)(H,26,27). The van der Waals surface area contributed by atoms with E-state index >= 15 is 0 Å². The highest BCUT2D eigenvalue weighted by molar-refractivity contribution is 7.26. The third-order valence-corrected chi connectivity index (χ3v) is 6.56. The fraction of sp³-hybridized carbons (Fsp3) is 0.304. The van der Waals surface area contributed by atoms with Crippen molar-refractivity contribution >= 4 is 20.6 Å². The first-order valence-corrected chi connectivity index (χ1v) is 10.7. The molecule has 2 aliphatic heterocycles. The number of aliphatic imine (C=N–C) groups is 1. The number of benzene rings is 2. The fourth-order valence-electron chi connectivity index (χ4n) is 4.94. The number of H-pyrrole nitrogens is 1. The van der Waals surface area contributed by atoms with E-state index in [9.17, 15) is 0 Å². The lowest BCUT2D eigenvalue weighted by molar-refractivity contribution is 0.302. The van der Waals surface area contributed by atoms with E-state index in [0.29, 0.717) is 12.6 Å². The number of aromatic amines is 1. The number of rotatable bonds is 1. The van der Waals surface area contributed by atoms with Crippen LogP contribution in [-0.4, -0.2) is 21.8 Å². The summed E-state index contributed by atoms with van der Waals surface area (Å²) in [6, 6.07) is 11.7. The normalized spacial score (nSPS) is 21.3. The van der Waals surface area contributed by atoms with Gasteiger partial charge in [-0.25, -0.2) is 4.98 Å². The monoisotopic (exact) mass is 402 g/mol. The molecule has 6 rings (SSSR count). The summed E-state index contributed by atoms with van der Waals surface area (Å²) in [7, 11) is 2.67. The zero-order valence-electron chi connectivity index (χ0n) is 16.5. The summed E-state index contributed by atoms with van der Waals surface area (Å²) in [4.78, 5) is 12.8. The lowest BCUT2D eigenvalue weighted by Crippen LogP contribution is -2.27. The molecule has 0 fully saturated rings. The van der Waals surface area contributed by atoms with E-state index in [0.717, 1.165) is 35.7 Å². The van der Waals surface area contributed by atoms with E-state index in [-0.39, 0.29) is 6.04 Å². The number of aryl methyl sites for hydroxylation is 2. The number of amidine groups is 1. The van der Waals surface area contributed by atoms with E-state index in [2.05, 4.69) is 61.8 Å². The van der Waals surface area contributed by atoms with Crippen molar-refractivity contribution in [3.05, 3.63) is 52.7 Å². The van der Waals surface area contributed by atoms with Crippen molar-refractivity contribution in [2.45, 2.75) is 45.4 Å². The number of imidazole rings is 1. The van der Waals surface area contributed by atoms with Crippen LogP contribution in [-0.2, 0) is 19.4 Å². The molecule has 2 N–H and O–H groups in total. The van der Waals surface area contributed by atoms with E-state index in [1.165, 1.54) is 39.1 Å². The molecule has 3 heterocycles. The Labute approximate surface area is 172 Å². The highest BCUT2D eigenvalue weighted by Gasteiger charge is 2.28. The summed E-state index contributed by atoms with van der Waals surface area (Å²) in [5.74, 6) is 1.97. The van der Waals surface area contributed by atoms with Gasteiger partial charge in [0.1, 0.15) is 17.9 Å². The Morgan fingerprint density at radius 2 is 1.97 bits per heavy atom. The zero-order valence-corrected chi connectivity index (χ0v) is 17.7. The van der Waals surface area contributed by atoms with Crippen LogP contribution in [0, 0.1) is 0 Å². The largest absolute Gasteiger partial charge is 0.488 e. The number of hydrogen-bond donors (Lipinski definition) is 2. The van der Waals surface area contributed by atoms with Crippen LogP contribution in [0.25, 0.3) is 22.4 Å². The molecule has 0 saturated heterocycles. The Morgan fingerprint density at radius 1 is 1.07 bits per heavy atom. The molecule has 0 saturated carbocycles. The third-order valence-electron chi connectivity index (χ3n) is 6.29. The van der Waals surface area contributed by atoms with Crippen LogP contribution < -0.4 is 15.6 Å². The third kappa shape index (κ3) is 2.64. The van der Waals surface area contributed by atoms with Crippen molar-refractivity contribution in [2.75, 3.05) is 0 Å². The molecule has 6 heteroatoms. The van der Waals surface area contributed by atoms with Crippen LogP contribution in [0.2, 0.25) is 0 Å². The Balaban J connectivity index is 1.43. The maximum Gasteiger partial charge on any atom is 0.128 e. The first-order valence-electron chi connectivity index (χ1n) is 10.2. The van der Waals surface area contributed by atoms with Crippen molar-refractivity contribution in [1.29, 1.82) is 0 Å². The Kier molecular flexibility index (Phi) is 3.67. The highest BCUT2D eigenvalue weighted by Crippen LogP contribution is 2.44. The molecule has 0 spiro atoms. The van der Waals surface area contributed by atoms with Crippen molar-refractivity contribution in [1.82, 2.24) is 15.3 Å². The van der Waals surface area contributed by atoms with Gasteiger partial charge in [0.25, 0.3) is 0 Å². The molecule has 0 radical (unpaired) electrons. The van der Waals surface area contributed by atoms with Gasteiger partial charge in [0, 0.05) is 16.8 Å². The van der Waals surface area contributed by atoms with Crippen molar-refractivity contribution in [3.63, 3.8) is 0 Å². The molecule has 3 aromatic rings. The van der Waals surface area contributed by atoms with Crippen LogP contribution in [0.1, 0.15) is 42.3 Å². The summed E-state index contributed by atoms with van der Waals surface area (Å²) in [6.07, 6.45) is 2.02. The number of hydrogen-bond acceptors (Lipinski definition) is 4. The fourth-order valence-corrected chi connectivity index (χ4v) is 5.24. The number of ether oxygens (including phenoxy) is 1. The zero-order chi connectivity index (χ0) is 19.7. The van der Waals surface area contributed by atoms with Gasteiger partial charge in [-0.2, -0.15) is 0 Å². The minimum Gasteiger partial charge on any atom is -0.488 e. The van der Waals surface area contributed by atoms with Crippen molar-refractivity contribution in [2.24, 2.45) is 4.99 Å². The van der Waals surface area contributed by atoms with Gasteiger partial charge in [0.2, 0.25) is 0 Å². The molecule has 3 atom stereocenters. The second-order valence-corrected chi connectivity index (χ2v) is 8.80. The molecule has 2 aromatic carbocycles. The molecular formula is C23H23N4OP. The predicted molar refractivity (Wildman–Crippen MR) is 119 cm³/mol. The smallest absolute Gasteiger partial charge is 0.128 e. The predicted octanol–water partition coefficient (Wildman–Crippen LogP) is 3.69. The molecule has 5 nitrogen and oxygen atoms in total. The molecule has 0 amide bonds. The quantitative estimate of drug-likeness (QED) is 0.611. The second kappa shape index (κ2) is 6.17. The summed E-state index contributed by atoms with van der Waals surface area (Å²) in [5, 5.41) is 3.41. The van der Waals surface area contributed by atoms with E-state index in [1.54, 1.807) is 0 Å². The number of nitrogens with zero attached hydrogens (tertiary/aromatic N) is 2. The lowest BCUT2D eigenvalue weighted by atomic mass is 9.86. The minimum atomic E-state index is 0.171. The number of aromatic nitrogens is 2. The maximum absolute atomic E-state index is 6.21. The SMILES string of the molecule is CC1=NC(c2ccc3c(c2)COc2cc4c(cc2-3)CCc2[nH]c(P)nc2-4)C(C)N1. The van der Waals surface area contributed by atoms with Gasteiger partial charge in [-0.3, -0.25) is 4.99 Å². The van der Waals surface area contributed by atoms with Gasteiger partial charge >= 0.3 is 0 Å². The van der Waals surface area contributed by atoms with Crippen LogP contribution in [0.3, 0.4) is 0 Å². The van der Waals surface area contributed by atoms with E-state index in [1.807, 2.05) is 6.92 Å². The molecule has 1 aliphatic carbocycles. The average molecular weight is 402 g/mol. The molecule has 1 aromatic heterocycles. The first-order chi connectivity index (χ1) is 14.1. The van der Waals surface area contributed by atoms with Crippen LogP contribution in [0.15, 0.2) is 35.3 Å². The molecule has 29 heavy (non-hydrogen) atoms. The summed E-state index contributed by atoms with van der Waals surface area (Å²) < 4.78 is 6.21. The van der Waals surface area contributed by atoms with Gasteiger partial charge in [0.05, 0.1) is 23.6 Å². The second-order valence-electron chi connectivity index (χ2n) is 8.25. The Hall–Kier alpha value is -2.65. The Bertz CT molecular complexity index is 1200. The van der Waals surface area contributed by atoms with Crippen LogP contribution in [0.5, 0.6) is 5.75 Å². The summed E-state index contributed by atoms with van der Waals surface area (Å²) >= 11 is 0. The van der Waals surface area contributed by atoms with Gasteiger partial charge in [0.15, 0.2) is 0 Å². The van der Waals surface area contributed by atoms with E-state index in [4.69, 9.17) is 9.73 Å². The van der Waals surface area contributed by atoms with Gasteiger partial charge in [-0.05, 0) is 67.1 Å². The van der Waals surface area contributed by atoms with E-state index < -0.39 is 0 Å². The van der Waals surface area contributed by atoms with Crippen LogP contribution >= 0.6 is 9.24 Å².